The van der Waals surface area contributed by atoms with Crippen LogP contribution in [0.15, 0.2) is 5.38 Å². The number of carbonyl (C=O) groups excluding carboxylic acids is 1. The standard InChI is InChI=1S/C7H11N3O3S/c1-12-6(13-2)3-8-7(11)5-4-14-10-9-5/h4,6H,3H2,1-2H3,(H,8,11). The van der Waals surface area contributed by atoms with Crippen LogP contribution in [0, 0.1) is 0 Å². The van der Waals surface area contributed by atoms with Crippen molar-refractivity contribution in [2.24, 2.45) is 0 Å². The Morgan fingerprint density at radius 3 is 2.86 bits per heavy atom. The van der Waals surface area contributed by atoms with E-state index in [1.54, 1.807) is 5.38 Å². The monoisotopic (exact) mass is 217 g/mol. The van der Waals surface area contributed by atoms with Gasteiger partial charge < -0.3 is 14.8 Å². The van der Waals surface area contributed by atoms with Crippen molar-refractivity contribution < 1.29 is 14.3 Å². The number of nitrogens with zero attached hydrogens (tertiary/aromatic N) is 2. The van der Waals surface area contributed by atoms with Gasteiger partial charge in [-0.05, 0) is 11.5 Å². The summed E-state index contributed by atoms with van der Waals surface area (Å²) in [5, 5.41) is 7.80. The first-order chi connectivity index (χ1) is 6.77. The molecule has 1 N–H and O–H groups in total. The largest absolute Gasteiger partial charge is 0.354 e. The van der Waals surface area contributed by atoms with Crippen LogP contribution in [0.1, 0.15) is 10.5 Å². The Bertz CT molecular complexity index is 274. The van der Waals surface area contributed by atoms with E-state index < -0.39 is 6.29 Å². The third-order valence-corrected chi connectivity index (χ3v) is 2.05. The molecule has 1 aromatic heterocycles. The number of ether oxygens (including phenoxy) is 2. The number of methoxy groups -OCH3 is 2. The van der Waals surface area contributed by atoms with Crippen molar-refractivity contribution in [3.8, 4) is 0 Å². The molecule has 14 heavy (non-hydrogen) atoms. The van der Waals surface area contributed by atoms with E-state index in [0.29, 0.717) is 5.69 Å². The van der Waals surface area contributed by atoms with Gasteiger partial charge in [0.1, 0.15) is 0 Å². The highest BCUT2D eigenvalue weighted by Gasteiger charge is 2.11. The number of aromatic nitrogens is 2. The highest BCUT2D eigenvalue weighted by Crippen LogP contribution is 1.96. The molecule has 1 heterocycles. The summed E-state index contributed by atoms with van der Waals surface area (Å²) in [6, 6.07) is 0. The van der Waals surface area contributed by atoms with E-state index in [2.05, 4.69) is 14.9 Å². The summed E-state index contributed by atoms with van der Waals surface area (Å²) in [6.45, 7) is 0.281. The molecule has 0 atom stereocenters. The van der Waals surface area contributed by atoms with Gasteiger partial charge in [0, 0.05) is 19.6 Å². The van der Waals surface area contributed by atoms with Crippen LogP contribution < -0.4 is 5.32 Å². The Morgan fingerprint density at radius 2 is 2.36 bits per heavy atom. The van der Waals surface area contributed by atoms with Crippen LogP contribution in [-0.4, -0.2) is 42.5 Å². The van der Waals surface area contributed by atoms with Crippen molar-refractivity contribution in [1.82, 2.24) is 14.9 Å². The lowest BCUT2D eigenvalue weighted by molar-refractivity contribution is -0.0974. The Hall–Kier alpha value is -1.05. The van der Waals surface area contributed by atoms with E-state index in [1.165, 1.54) is 14.2 Å². The second-order valence-corrected chi connectivity index (χ2v) is 3.01. The third kappa shape index (κ3) is 3.02. The Labute approximate surface area is 85.4 Å². The summed E-state index contributed by atoms with van der Waals surface area (Å²) < 4.78 is 13.4. The quantitative estimate of drug-likeness (QED) is 0.696. The van der Waals surface area contributed by atoms with Crippen LogP contribution in [0.25, 0.3) is 0 Å². The molecule has 0 unspecified atom stereocenters. The van der Waals surface area contributed by atoms with Crippen LogP contribution in [0.4, 0.5) is 0 Å². The molecule has 7 heteroatoms. The molecule has 0 aliphatic carbocycles. The fourth-order valence-corrected chi connectivity index (χ4v) is 1.23. The third-order valence-electron chi connectivity index (χ3n) is 1.55. The fraction of sp³-hybridized carbons (Fsp3) is 0.571. The zero-order valence-corrected chi connectivity index (χ0v) is 8.71. The van der Waals surface area contributed by atoms with Crippen LogP contribution in [-0.2, 0) is 9.47 Å². The lowest BCUT2D eigenvalue weighted by atomic mass is 10.4. The minimum absolute atomic E-state index is 0.280. The summed E-state index contributed by atoms with van der Waals surface area (Å²) in [6.07, 6.45) is -0.439. The Balaban J connectivity index is 2.35. The summed E-state index contributed by atoms with van der Waals surface area (Å²) >= 11 is 1.13. The number of hydrogen-bond acceptors (Lipinski definition) is 6. The molecule has 0 aromatic carbocycles. The Kier molecular flexibility index (Phi) is 4.44. The van der Waals surface area contributed by atoms with Crippen LogP contribution in [0.5, 0.6) is 0 Å². The predicted molar refractivity (Wildman–Crippen MR) is 50.0 cm³/mol. The molecule has 0 bridgehead atoms. The SMILES string of the molecule is COC(CNC(=O)c1csnn1)OC. The maximum absolute atomic E-state index is 11.3. The van der Waals surface area contributed by atoms with Crippen molar-refractivity contribution in [2.75, 3.05) is 20.8 Å². The maximum atomic E-state index is 11.3. The molecular weight excluding hydrogens is 206 g/mol. The van der Waals surface area contributed by atoms with E-state index in [4.69, 9.17) is 9.47 Å². The summed E-state index contributed by atoms with van der Waals surface area (Å²) in [5.41, 5.74) is 0.306. The van der Waals surface area contributed by atoms with Gasteiger partial charge in [-0.2, -0.15) is 0 Å². The zero-order chi connectivity index (χ0) is 10.4. The van der Waals surface area contributed by atoms with E-state index in [1.807, 2.05) is 0 Å². The van der Waals surface area contributed by atoms with E-state index >= 15 is 0 Å². The molecule has 0 aliphatic heterocycles. The molecule has 1 amide bonds. The van der Waals surface area contributed by atoms with Crippen LogP contribution >= 0.6 is 11.5 Å². The molecule has 1 rings (SSSR count). The molecule has 0 saturated heterocycles. The van der Waals surface area contributed by atoms with Gasteiger partial charge in [0.25, 0.3) is 5.91 Å². The van der Waals surface area contributed by atoms with Crippen molar-refractivity contribution >= 4 is 17.4 Å². The van der Waals surface area contributed by atoms with Gasteiger partial charge in [-0.1, -0.05) is 4.49 Å². The van der Waals surface area contributed by atoms with Crippen molar-refractivity contribution in [3.63, 3.8) is 0 Å². The van der Waals surface area contributed by atoms with E-state index in [9.17, 15) is 4.79 Å². The smallest absolute Gasteiger partial charge is 0.272 e. The average molecular weight is 217 g/mol. The second kappa shape index (κ2) is 5.63. The van der Waals surface area contributed by atoms with Crippen molar-refractivity contribution in [2.45, 2.75) is 6.29 Å². The molecule has 1 aromatic rings. The van der Waals surface area contributed by atoms with Gasteiger partial charge in [0.2, 0.25) is 0 Å². The van der Waals surface area contributed by atoms with Gasteiger partial charge in [0.15, 0.2) is 12.0 Å². The maximum Gasteiger partial charge on any atom is 0.272 e. The summed E-state index contributed by atoms with van der Waals surface area (Å²) in [4.78, 5) is 11.3. The number of carbonyl (C=O) groups is 1. The first kappa shape index (κ1) is 11.0. The first-order valence-corrected chi connectivity index (χ1v) is 4.72. The van der Waals surface area contributed by atoms with E-state index in [-0.39, 0.29) is 12.5 Å². The molecule has 0 spiro atoms. The topological polar surface area (TPSA) is 73.3 Å². The molecule has 0 radical (unpaired) electrons. The second-order valence-electron chi connectivity index (χ2n) is 2.40. The Morgan fingerprint density at radius 1 is 1.64 bits per heavy atom. The van der Waals surface area contributed by atoms with Gasteiger partial charge >= 0.3 is 0 Å². The average Bonchev–Trinajstić information content (AvgIpc) is 2.72. The molecule has 0 saturated carbocycles. The number of rotatable bonds is 5. The molecule has 6 nitrogen and oxygen atoms in total. The highest BCUT2D eigenvalue weighted by atomic mass is 32.1. The van der Waals surface area contributed by atoms with Gasteiger partial charge in [0.05, 0.1) is 6.54 Å². The van der Waals surface area contributed by atoms with Crippen LogP contribution in [0.3, 0.4) is 0 Å². The van der Waals surface area contributed by atoms with Gasteiger partial charge in [-0.3, -0.25) is 4.79 Å². The lowest BCUT2D eigenvalue weighted by Gasteiger charge is -2.12. The minimum atomic E-state index is -0.439. The van der Waals surface area contributed by atoms with Crippen molar-refractivity contribution in [3.05, 3.63) is 11.1 Å². The fourth-order valence-electron chi connectivity index (χ4n) is 0.793. The summed E-state index contributed by atoms with van der Waals surface area (Å²) in [7, 11) is 3.01. The minimum Gasteiger partial charge on any atom is -0.354 e. The predicted octanol–water partition coefficient (Wildman–Crippen LogP) is -0.113. The van der Waals surface area contributed by atoms with Gasteiger partial charge in [-0.15, -0.1) is 5.10 Å². The highest BCUT2D eigenvalue weighted by molar-refractivity contribution is 7.03. The van der Waals surface area contributed by atoms with Gasteiger partial charge in [-0.25, -0.2) is 0 Å². The zero-order valence-electron chi connectivity index (χ0n) is 7.89. The number of nitrogens with one attached hydrogen (secondary N) is 1. The molecule has 0 aliphatic rings. The number of amides is 1. The summed E-state index contributed by atoms with van der Waals surface area (Å²) in [5.74, 6) is -0.280. The number of hydrogen-bond donors (Lipinski definition) is 1. The van der Waals surface area contributed by atoms with E-state index in [0.717, 1.165) is 11.5 Å². The normalized spacial score (nSPS) is 10.5. The van der Waals surface area contributed by atoms with Crippen LogP contribution in [0.2, 0.25) is 0 Å². The molecule has 0 fully saturated rings. The lowest BCUT2D eigenvalue weighted by Crippen LogP contribution is -2.34. The molecular formula is C7H11N3O3S. The van der Waals surface area contributed by atoms with Crippen molar-refractivity contribution in [1.29, 1.82) is 0 Å². The molecule has 78 valence electrons. The first-order valence-electron chi connectivity index (χ1n) is 3.88.